The van der Waals surface area contributed by atoms with Gasteiger partial charge in [0, 0.05) is 12.0 Å². The van der Waals surface area contributed by atoms with Crippen molar-refractivity contribution in [2.75, 3.05) is 6.54 Å². The van der Waals surface area contributed by atoms with Crippen molar-refractivity contribution in [3.05, 3.63) is 0 Å². The zero-order valence-corrected chi connectivity index (χ0v) is 20.0. The van der Waals surface area contributed by atoms with Crippen molar-refractivity contribution >= 4 is 5.97 Å². The minimum absolute atomic E-state index is 0. The molecule has 0 aliphatic heterocycles. The van der Waals surface area contributed by atoms with Crippen molar-refractivity contribution in [2.45, 2.75) is 148 Å². The molecule has 0 bridgehead atoms. The van der Waals surface area contributed by atoms with Crippen LogP contribution in [0.25, 0.3) is 0 Å². The number of hydrogen-bond donors (Lipinski definition) is 2. The predicted molar refractivity (Wildman–Crippen MR) is 127 cm³/mol. The lowest BCUT2D eigenvalue weighted by atomic mass is 9.95. The lowest BCUT2D eigenvalue weighted by Gasteiger charge is -2.26. The van der Waals surface area contributed by atoms with E-state index in [0.717, 1.165) is 19.4 Å². The maximum Gasteiger partial charge on any atom is 0.303 e. The smallest absolute Gasteiger partial charge is 0.303 e. The molecule has 0 rings (SSSR count). The molecule has 29 heavy (non-hydrogen) atoms. The third kappa shape index (κ3) is 25.4. The molecule has 0 aromatic rings. The van der Waals surface area contributed by atoms with Gasteiger partial charge in [-0.05, 0) is 39.7 Å². The van der Waals surface area contributed by atoms with E-state index in [9.17, 15) is 4.79 Å². The third-order valence-corrected chi connectivity index (χ3v) is 5.83. The van der Waals surface area contributed by atoms with Gasteiger partial charge in [-0.25, -0.2) is 0 Å². The summed E-state index contributed by atoms with van der Waals surface area (Å²) >= 11 is 0. The zero-order valence-electron chi connectivity index (χ0n) is 20.0. The average molecular weight is 416 g/mol. The van der Waals surface area contributed by atoms with Gasteiger partial charge in [-0.2, -0.15) is 0 Å². The normalized spacial score (nSPS) is 11.4. The van der Waals surface area contributed by atoms with E-state index >= 15 is 0 Å². The van der Waals surface area contributed by atoms with Crippen LogP contribution in [0.15, 0.2) is 0 Å². The van der Waals surface area contributed by atoms with Crippen LogP contribution in [0, 0.1) is 0 Å². The second-order valence-electron chi connectivity index (χ2n) is 9.36. The topological polar surface area (TPSA) is 80.8 Å². The van der Waals surface area contributed by atoms with E-state index < -0.39 is 5.97 Å². The van der Waals surface area contributed by atoms with Crippen LogP contribution >= 0.6 is 0 Å². The minimum atomic E-state index is -0.659. The predicted octanol–water partition coefficient (Wildman–Crippen LogP) is 7.05. The fourth-order valence-electron chi connectivity index (χ4n) is 3.85. The molecule has 0 saturated heterocycles. The molecule has 0 spiro atoms. The van der Waals surface area contributed by atoms with Gasteiger partial charge in [0.2, 0.25) is 0 Å². The molecule has 0 unspecified atom stereocenters. The molecular formula is C25H53NO3. The van der Waals surface area contributed by atoms with Crippen molar-refractivity contribution in [2.24, 2.45) is 0 Å². The number of rotatable bonds is 22. The molecular weight excluding hydrogens is 362 g/mol. The summed E-state index contributed by atoms with van der Waals surface area (Å²) in [5.41, 5.74) is 0.283. The van der Waals surface area contributed by atoms with Crippen LogP contribution in [0.3, 0.4) is 0 Å². The van der Waals surface area contributed by atoms with Crippen molar-refractivity contribution in [1.82, 2.24) is 5.32 Å². The first-order chi connectivity index (χ1) is 13.5. The summed E-state index contributed by atoms with van der Waals surface area (Å²) < 4.78 is 0. The highest BCUT2D eigenvalue weighted by Gasteiger charge is 2.15. The van der Waals surface area contributed by atoms with Gasteiger partial charge in [0.25, 0.3) is 0 Å². The Kier molecular flexibility index (Phi) is 23.3. The number of hydrogen-bond acceptors (Lipinski definition) is 2. The summed E-state index contributed by atoms with van der Waals surface area (Å²) in [5.74, 6) is -0.659. The fraction of sp³-hybridized carbons (Fsp3) is 0.960. The molecule has 0 saturated carbocycles. The number of nitrogens with one attached hydrogen (secondary N) is 1. The molecule has 0 atom stereocenters. The summed E-state index contributed by atoms with van der Waals surface area (Å²) in [6.45, 7) is 8.14. The van der Waals surface area contributed by atoms with Crippen LogP contribution in [0.4, 0.5) is 0 Å². The highest BCUT2D eigenvalue weighted by molar-refractivity contribution is 5.66. The van der Waals surface area contributed by atoms with Crippen molar-refractivity contribution < 1.29 is 15.4 Å². The summed E-state index contributed by atoms with van der Waals surface area (Å²) in [7, 11) is 0. The van der Waals surface area contributed by atoms with Crippen molar-refractivity contribution in [3.8, 4) is 0 Å². The van der Waals surface area contributed by atoms with Crippen LogP contribution in [-0.2, 0) is 4.79 Å². The highest BCUT2D eigenvalue weighted by atomic mass is 16.4. The first-order valence-electron chi connectivity index (χ1n) is 12.4. The lowest BCUT2D eigenvalue weighted by molar-refractivity contribution is -0.137. The standard InChI is InChI=1S/C25H51NO2.H2O/c1-4-5-6-7-8-10-13-16-19-22-25(2,3)26-23-20-17-14-11-9-12-15-18-21-24(27)28;/h26H,4-23H2,1-3H3,(H,27,28);1H2. The molecule has 0 amide bonds. The highest BCUT2D eigenvalue weighted by Crippen LogP contribution is 2.17. The van der Waals surface area contributed by atoms with E-state index in [-0.39, 0.29) is 11.0 Å². The zero-order chi connectivity index (χ0) is 20.9. The fourth-order valence-corrected chi connectivity index (χ4v) is 3.85. The molecule has 0 aromatic heterocycles. The number of aliphatic carboxylic acids is 1. The molecule has 0 heterocycles. The summed E-state index contributed by atoms with van der Waals surface area (Å²) in [6, 6.07) is 0. The molecule has 0 aliphatic carbocycles. The van der Waals surface area contributed by atoms with Crippen LogP contribution in [0.1, 0.15) is 143 Å². The van der Waals surface area contributed by atoms with E-state index in [1.165, 1.54) is 103 Å². The molecule has 4 nitrogen and oxygen atoms in total. The quantitative estimate of drug-likeness (QED) is 0.186. The Hall–Kier alpha value is -0.610. The van der Waals surface area contributed by atoms with Crippen molar-refractivity contribution in [1.29, 1.82) is 0 Å². The summed E-state index contributed by atoms with van der Waals surface area (Å²) in [6.07, 6.45) is 23.9. The Morgan fingerprint density at radius 2 is 1.10 bits per heavy atom. The van der Waals surface area contributed by atoms with Crippen LogP contribution < -0.4 is 5.32 Å². The number of carbonyl (C=O) groups is 1. The average Bonchev–Trinajstić information content (AvgIpc) is 2.64. The van der Waals surface area contributed by atoms with Crippen LogP contribution in [0.2, 0.25) is 0 Å². The Labute approximate surface area is 181 Å². The molecule has 0 radical (unpaired) electrons. The lowest BCUT2D eigenvalue weighted by Crippen LogP contribution is -2.39. The minimum Gasteiger partial charge on any atom is -0.481 e. The first kappa shape index (κ1) is 30.6. The van der Waals surface area contributed by atoms with Crippen LogP contribution in [0.5, 0.6) is 0 Å². The van der Waals surface area contributed by atoms with Gasteiger partial charge in [0.1, 0.15) is 0 Å². The third-order valence-electron chi connectivity index (χ3n) is 5.83. The Morgan fingerprint density at radius 1 is 0.690 bits per heavy atom. The van der Waals surface area contributed by atoms with Gasteiger partial charge in [0.15, 0.2) is 0 Å². The summed E-state index contributed by atoms with van der Waals surface area (Å²) in [4.78, 5) is 10.4. The Morgan fingerprint density at radius 3 is 1.59 bits per heavy atom. The Balaban J connectivity index is 0. The van der Waals surface area contributed by atoms with E-state index in [1.54, 1.807) is 0 Å². The maximum atomic E-state index is 10.4. The first-order valence-corrected chi connectivity index (χ1v) is 12.4. The number of carboxylic acid groups (broad SMARTS) is 1. The summed E-state index contributed by atoms with van der Waals surface area (Å²) in [5, 5.41) is 12.4. The molecule has 0 aliphatic rings. The van der Waals surface area contributed by atoms with Gasteiger partial charge in [-0.1, -0.05) is 103 Å². The second-order valence-corrected chi connectivity index (χ2v) is 9.36. The SMILES string of the molecule is CCCCCCCCCCCC(C)(C)NCCCCCCCCCCC(=O)O.O. The number of carboxylic acids is 1. The molecule has 176 valence electrons. The van der Waals surface area contributed by atoms with Gasteiger partial charge in [-0.15, -0.1) is 0 Å². The molecule has 4 N–H and O–H groups in total. The van der Waals surface area contributed by atoms with E-state index in [0.29, 0.717) is 6.42 Å². The van der Waals surface area contributed by atoms with E-state index in [1.807, 2.05) is 0 Å². The largest absolute Gasteiger partial charge is 0.481 e. The van der Waals surface area contributed by atoms with Gasteiger partial charge >= 0.3 is 5.97 Å². The van der Waals surface area contributed by atoms with Crippen molar-refractivity contribution in [3.63, 3.8) is 0 Å². The van der Waals surface area contributed by atoms with Crippen LogP contribution in [-0.4, -0.2) is 28.6 Å². The maximum absolute atomic E-state index is 10.4. The second kappa shape index (κ2) is 22.1. The number of unbranched alkanes of at least 4 members (excludes halogenated alkanes) is 15. The van der Waals surface area contributed by atoms with E-state index in [2.05, 4.69) is 26.1 Å². The van der Waals surface area contributed by atoms with Gasteiger partial charge in [-0.3, -0.25) is 4.79 Å². The molecule has 0 fully saturated rings. The molecule has 4 heteroatoms. The molecule has 0 aromatic carbocycles. The van der Waals surface area contributed by atoms with Gasteiger partial charge in [0.05, 0.1) is 0 Å². The van der Waals surface area contributed by atoms with E-state index in [4.69, 9.17) is 5.11 Å². The Bertz CT molecular complexity index is 345. The van der Waals surface area contributed by atoms with Gasteiger partial charge < -0.3 is 15.9 Å². The monoisotopic (exact) mass is 415 g/mol.